The lowest BCUT2D eigenvalue weighted by Crippen LogP contribution is -2.47. The zero-order valence-electron chi connectivity index (χ0n) is 13.2. The van der Waals surface area contributed by atoms with Gasteiger partial charge in [0.05, 0.1) is 6.54 Å². The highest BCUT2D eigenvalue weighted by atomic mass is 16.2. The van der Waals surface area contributed by atoms with E-state index in [0.717, 1.165) is 16.3 Å². The van der Waals surface area contributed by atoms with E-state index < -0.39 is 6.04 Å². The number of aromatic nitrogens is 1. The molecule has 0 aliphatic rings. The maximum atomic E-state index is 12.1. The van der Waals surface area contributed by atoms with E-state index in [1.165, 1.54) is 4.90 Å². The Kier molecular flexibility index (Phi) is 5.13. The highest BCUT2D eigenvalue weighted by Gasteiger charge is 2.21. The molecular weight excluding hydrogens is 294 g/mol. The predicted octanol–water partition coefficient (Wildman–Crippen LogP) is 0.239. The lowest BCUT2D eigenvalue weighted by molar-refractivity contribution is -0.137. The van der Waals surface area contributed by atoms with E-state index in [-0.39, 0.29) is 18.4 Å². The minimum absolute atomic E-state index is 0.117. The highest BCUT2D eigenvalue weighted by molar-refractivity contribution is 5.91. The van der Waals surface area contributed by atoms with Crippen molar-refractivity contribution in [2.45, 2.75) is 19.5 Å². The van der Waals surface area contributed by atoms with Gasteiger partial charge in [0.25, 0.3) is 0 Å². The number of nitrogen functional groups attached to an aromatic ring is 1. The van der Waals surface area contributed by atoms with E-state index in [9.17, 15) is 9.59 Å². The van der Waals surface area contributed by atoms with Gasteiger partial charge in [-0.05, 0) is 30.0 Å². The molecule has 1 aromatic heterocycles. The molecule has 1 atom stereocenters. The van der Waals surface area contributed by atoms with Gasteiger partial charge in [-0.25, -0.2) is 4.98 Å². The fourth-order valence-electron chi connectivity index (χ4n) is 2.23. The van der Waals surface area contributed by atoms with E-state index in [1.807, 2.05) is 24.3 Å². The van der Waals surface area contributed by atoms with Crippen molar-refractivity contribution >= 4 is 28.4 Å². The second-order valence-electron chi connectivity index (χ2n) is 5.35. The van der Waals surface area contributed by atoms with Crippen LogP contribution in [0.1, 0.15) is 12.5 Å². The van der Waals surface area contributed by atoms with Crippen molar-refractivity contribution in [2.75, 3.05) is 19.3 Å². The van der Waals surface area contributed by atoms with Crippen molar-refractivity contribution in [3.8, 4) is 0 Å². The summed E-state index contributed by atoms with van der Waals surface area (Å²) in [6, 6.07) is 7.01. The first kappa shape index (κ1) is 16.7. The molecule has 7 heteroatoms. The van der Waals surface area contributed by atoms with E-state index in [0.29, 0.717) is 12.4 Å². The van der Waals surface area contributed by atoms with Gasteiger partial charge in [-0.15, -0.1) is 0 Å². The first-order chi connectivity index (χ1) is 10.9. The predicted molar refractivity (Wildman–Crippen MR) is 89.3 cm³/mol. The zero-order valence-corrected chi connectivity index (χ0v) is 13.2. The van der Waals surface area contributed by atoms with E-state index >= 15 is 0 Å². The molecule has 23 heavy (non-hydrogen) atoms. The quantitative estimate of drug-likeness (QED) is 0.731. The molecule has 1 unspecified atom stereocenters. The molecule has 1 aromatic carbocycles. The second kappa shape index (κ2) is 7.06. The van der Waals surface area contributed by atoms with Gasteiger partial charge in [0.2, 0.25) is 11.8 Å². The Morgan fingerprint density at radius 3 is 2.78 bits per heavy atom. The smallest absolute Gasteiger partial charge is 0.242 e. The molecule has 1 heterocycles. The average molecular weight is 315 g/mol. The van der Waals surface area contributed by atoms with Gasteiger partial charge in [0, 0.05) is 25.2 Å². The van der Waals surface area contributed by atoms with Crippen molar-refractivity contribution in [2.24, 2.45) is 5.73 Å². The molecule has 0 fully saturated rings. The lowest BCUT2D eigenvalue weighted by atomic mass is 10.1. The van der Waals surface area contributed by atoms with Crippen molar-refractivity contribution in [3.05, 3.63) is 36.0 Å². The van der Waals surface area contributed by atoms with Gasteiger partial charge in [-0.1, -0.05) is 12.1 Å². The molecule has 0 spiro atoms. The first-order valence-electron chi connectivity index (χ1n) is 7.30. The highest BCUT2D eigenvalue weighted by Crippen LogP contribution is 2.19. The van der Waals surface area contributed by atoms with Crippen LogP contribution in [0.3, 0.4) is 0 Å². The molecule has 0 radical (unpaired) electrons. The van der Waals surface area contributed by atoms with Gasteiger partial charge in [0.1, 0.15) is 11.9 Å². The van der Waals surface area contributed by atoms with Crippen LogP contribution < -0.4 is 16.8 Å². The number of amides is 2. The number of pyridine rings is 1. The maximum absolute atomic E-state index is 12.1. The Morgan fingerprint density at radius 1 is 1.35 bits per heavy atom. The summed E-state index contributed by atoms with van der Waals surface area (Å²) in [5.41, 5.74) is 12.1. The number of nitrogens with one attached hydrogen (secondary N) is 1. The summed E-state index contributed by atoms with van der Waals surface area (Å²) >= 11 is 0. The molecule has 122 valence electrons. The molecule has 0 saturated heterocycles. The van der Waals surface area contributed by atoms with Crippen molar-refractivity contribution in [3.63, 3.8) is 0 Å². The minimum atomic E-state index is -0.577. The molecule has 2 rings (SSSR count). The number of carbonyl (C=O) groups excluding carboxylic acids is 2. The van der Waals surface area contributed by atoms with Crippen LogP contribution in [0.25, 0.3) is 10.8 Å². The maximum Gasteiger partial charge on any atom is 0.242 e. The fourth-order valence-corrected chi connectivity index (χ4v) is 2.23. The Morgan fingerprint density at radius 2 is 2.09 bits per heavy atom. The van der Waals surface area contributed by atoms with Crippen LogP contribution >= 0.6 is 0 Å². The van der Waals surface area contributed by atoms with Crippen LogP contribution in [0.2, 0.25) is 0 Å². The van der Waals surface area contributed by atoms with Gasteiger partial charge in [0.15, 0.2) is 0 Å². The van der Waals surface area contributed by atoms with Crippen LogP contribution in [-0.2, 0) is 16.1 Å². The summed E-state index contributed by atoms with van der Waals surface area (Å²) in [7, 11) is 1.56. The second-order valence-corrected chi connectivity index (χ2v) is 5.35. The lowest BCUT2D eigenvalue weighted by Gasteiger charge is -2.23. The third-order valence-electron chi connectivity index (χ3n) is 3.85. The molecule has 2 aromatic rings. The molecule has 0 aliphatic heterocycles. The largest absolute Gasteiger partial charge is 0.383 e. The third kappa shape index (κ3) is 3.75. The molecule has 2 amide bonds. The molecule has 0 aliphatic carbocycles. The van der Waals surface area contributed by atoms with Crippen molar-refractivity contribution in [1.82, 2.24) is 15.2 Å². The number of hydrogen-bond acceptors (Lipinski definition) is 5. The standard InChI is InChI=1S/C16H21N5O2/c1-10(21(2)14(22)8-17)16(23)20-9-11-3-4-13-12(7-11)5-6-19-15(13)18/h3-7,10H,8-9,17H2,1-2H3,(H2,18,19)(H,20,23). The Labute approximate surface area is 134 Å². The molecule has 0 bridgehead atoms. The number of benzene rings is 1. The number of nitrogens with zero attached hydrogens (tertiary/aromatic N) is 2. The monoisotopic (exact) mass is 315 g/mol. The average Bonchev–Trinajstić information content (AvgIpc) is 2.57. The number of fused-ring (bicyclic) bond motifs is 1. The molecule has 7 nitrogen and oxygen atoms in total. The van der Waals surface area contributed by atoms with Crippen LogP contribution in [0.5, 0.6) is 0 Å². The first-order valence-corrected chi connectivity index (χ1v) is 7.30. The Hall–Kier alpha value is -2.67. The van der Waals surface area contributed by atoms with Gasteiger partial charge in [-0.3, -0.25) is 9.59 Å². The number of carbonyl (C=O) groups is 2. The summed E-state index contributed by atoms with van der Waals surface area (Å²) in [4.78, 5) is 29.0. The van der Waals surface area contributed by atoms with E-state index in [4.69, 9.17) is 11.5 Å². The molecule has 5 N–H and O–H groups in total. The van der Waals surface area contributed by atoms with Crippen LogP contribution in [0.15, 0.2) is 30.5 Å². The molecular formula is C16H21N5O2. The number of anilines is 1. The number of nitrogens with two attached hydrogens (primary N) is 2. The summed E-state index contributed by atoms with van der Waals surface area (Å²) in [6.45, 7) is 1.91. The van der Waals surface area contributed by atoms with E-state index in [1.54, 1.807) is 20.2 Å². The normalized spacial score (nSPS) is 12.0. The van der Waals surface area contributed by atoms with E-state index in [2.05, 4.69) is 10.3 Å². The number of likely N-dealkylation sites (N-methyl/N-ethyl adjacent to an activating group) is 1. The number of hydrogen-bond donors (Lipinski definition) is 3. The van der Waals surface area contributed by atoms with Gasteiger partial charge < -0.3 is 21.7 Å². The van der Waals surface area contributed by atoms with Crippen molar-refractivity contribution < 1.29 is 9.59 Å². The summed E-state index contributed by atoms with van der Waals surface area (Å²) in [5, 5.41) is 4.66. The summed E-state index contributed by atoms with van der Waals surface area (Å²) < 4.78 is 0. The Bertz CT molecular complexity index is 731. The number of rotatable bonds is 5. The van der Waals surface area contributed by atoms with Gasteiger partial charge in [-0.2, -0.15) is 0 Å². The van der Waals surface area contributed by atoms with Crippen molar-refractivity contribution in [1.29, 1.82) is 0 Å². The molecule has 0 saturated carbocycles. The van der Waals surface area contributed by atoms with Gasteiger partial charge >= 0.3 is 0 Å². The minimum Gasteiger partial charge on any atom is -0.383 e. The van der Waals surface area contributed by atoms with Crippen LogP contribution in [0, 0.1) is 0 Å². The Balaban J connectivity index is 2.03. The topological polar surface area (TPSA) is 114 Å². The summed E-state index contributed by atoms with van der Waals surface area (Å²) in [5.74, 6) is -0.0291. The SMILES string of the molecule is CC(C(=O)NCc1ccc2c(N)nccc2c1)N(C)C(=O)CN. The van der Waals surface area contributed by atoms with Crippen LogP contribution in [-0.4, -0.2) is 41.3 Å². The third-order valence-corrected chi connectivity index (χ3v) is 3.85. The van der Waals surface area contributed by atoms with Crippen LogP contribution in [0.4, 0.5) is 5.82 Å². The fraction of sp³-hybridized carbons (Fsp3) is 0.312. The zero-order chi connectivity index (χ0) is 17.0. The summed E-state index contributed by atoms with van der Waals surface area (Å²) in [6.07, 6.45) is 1.65.